The van der Waals surface area contributed by atoms with Crippen LogP contribution in [0.5, 0.6) is 0 Å². The molecule has 0 atom stereocenters. The van der Waals surface area contributed by atoms with E-state index in [1.54, 1.807) is 7.11 Å². The van der Waals surface area contributed by atoms with E-state index >= 15 is 0 Å². The molecule has 0 aliphatic rings. The molecule has 0 saturated heterocycles. The molecule has 0 unspecified atom stereocenters. The predicted octanol–water partition coefficient (Wildman–Crippen LogP) is 1.58. The Kier molecular flexibility index (Phi) is 7.72. The van der Waals surface area contributed by atoms with Crippen LogP contribution in [-0.4, -0.2) is 43.6 Å². The van der Waals surface area contributed by atoms with E-state index in [9.17, 15) is 0 Å². The molecule has 1 heterocycles. The first-order valence-electron chi connectivity index (χ1n) is 7.15. The van der Waals surface area contributed by atoms with Crippen LogP contribution in [0.25, 0.3) is 0 Å². The van der Waals surface area contributed by atoms with Crippen molar-refractivity contribution >= 4 is 0 Å². The van der Waals surface area contributed by atoms with Gasteiger partial charge in [-0.3, -0.25) is 0 Å². The molecule has 0 aliphatic heterocycles. The van der Waals surface area contributed by atoms with Crippen molar-refractivity contribution in [2.45, 2.75) is 39.5 Å². The molecule has 1 aromatic heterocycles. The minimum Gasteiger partial charge on any atom is -0.382 e. The summed E-state index contributed by atoms with van der Waals surface area (Å²) in [5.74, 6) is 1.40. The highest BCUT2D eigenvalue weighted by Gasteiger charge is 2.18. The highest BCUT2D eigenvalue weighted by Crippen LogP contribution is 2.25. The van der Waals surface area contributed by atoms with E-state index in [0.29, 0.717) is 44.5 Å². The monoisotopic (exact) mass is 285 g/mol. The smallest absolute Gasteiger partial charge is 0.226 e. The van der Waals surface area contributed by atoms with Gasteiger partial charge in [0.25, 0.3) is 0 Å². The Morgan fingerprint density at radius 2 is 1.95 bits per heavy atom. The number of hydrogen-bond acceptors (Lipinski definition) is 6. The average molecular weight is 285 g/mol. The molecule has 1 aromatic rings. The van der Waals surface area contributed by atoms with Crippen LogP contribution in [0.15, 0.2) is 4.52 Å². The lowest BCUT2D eigenvalue weighted by Crippen LogP contribution is -2.17. The Labute approximate surface area is 121 Å². The van der Waals surface area contributed by atoms with Gasteiger partial charge in [0.15, 0.2) is 5.82 Å². The van der Waals surface area contributed by atoms with Gasteiger partial charge in [-0.05, 0) is 24.8 Å². The van der Waals surface area contributed by atoms with Crippen molar-refractivity contribution < 1.29 is 14.0 Å². The third-order valence-electron chi connectivity index (χ3n) is 3.25. The lowest BCUT2D eigenvalue weighted by Gasteiger charge is -2.22. The molecule has 0 amide bonds. The molecule has 0 saturated carbocycles. The molecule has 1 rings (SSSR count). The molecular formula is C14H27N3O3. The second-order valence-electron chi connectivity index (χ2n) is 5.66. The van der Waals surface area contributed by atoms with Crippen molar-refractivity contribution in [3.05, 3.63) is 11.7 Å². The van der Waals surface area contributed by atoms with Gasteiger partial charge in [0.1, 0.15) is 0 Å². The van der Waals surface area contributed by atoms with E-state index in [-0.39, 0.29) is 5.41 Å². The summed E-state index contributed by atoms with van der Waals surface area (Å²) in [7, 11) is 1.65. The SMILES string of the molecule is COCCOCCc1noc(CCC(C)(C)CCN)n1. The van der Waals surface area contributed by atoms with E-state index in [1.165, 1.54) is 0 Å². The second-order valence-corrected chi connectivity index (χ2v) is 5.66. The van der Waals surface area contributed by atoms with Crippen LogP contribution in [0.3, 0.4) is 0 Å². The van der Waals surface area contributed by atoms with Crippen LogP contribution < -0.4 is 5.73 Å². The van der Waals surface area contributed by atoms with Crippen LogP contribution in [0, 0.1) is 5.41 Å². The summed E-state index contributed by atoms with van der Waals surface area (Å²) >= 11 is 0. The Morgan fingerprint density at radius 3 is 2.65 bits per heavy atom. The van der Waals surface area contributed by atoms with Crippen LogP contribution in [0.1, 0.15) is 38.4 Å². The Balaban J connectivity index is 2.25. The second kappa shape index (κ2) is 9.05. The maximum Gasteiger partial charge on any atom is 0.226 e. The van der Waals surface area contributed by atoms with E-state index in [0.717, 1.165) is 19.3 Å². The van der Waals surface area contributed by atoms with Crippen LogP contribution in [-0.2, 0) is 22.3 Å². The fourth-order valence-electron chi connectivity index (χ4n) is 1.86. The van der Waals surface area contributed by atoms with Crippen LogP contribution in [0.4, 0.5) is 0 Å². The molecule has 0 spiro atoms. The molecule has 6 heteroatoms. The van der Waals surface area contributed by atoms with Gasteiger partial charge in [-0.25, -0.2) is 0 Å². The van der Waals surface area contributed by atoms with Crippen molar-refractivity contribution in [3.63, 3.8) is 0 Å². The molecule has 0 radical (unpaired) electrons. The maximum atomic E-state index is 5.60. The minimum absolute atomic E-state index is 0.215. The molecule has 0 fully saturated rings. The average Bonchev–Trinajstić information content (AvgIpc) is 2.84. The topological polar surface area (TPSA) is 83.4 Å². The van der Waals surface area contributed by atoms with Crippen molar-refractivity contribution in [3.8, 4) is 0 Å². The van der Waals surface area contributed by atoms with Crippen molar-refractivity contribution in [2.24, 2.45) is 11.1 Å². The first-order chi connectivity index (χ1) is 9.57. The van der Waals surface area contributed by atoms with Gasteiger partial charge in [0.05, 0.1) is 19.8 Å². The fraction of sp³-hybridized carbons (Fsp3) is 0.857. The molecule has 0 aromatic carbocycles. The van der Waals surface area contributed by atoms with Crippen molar-refractivity contribution in [1.29, 1.82) is 0 Å². The number of aromatic nitrogens is 2. The summed E-state index contributed by atoms with van der Waals surface area (Å²) in [6.07, 6.45) is 3.46. The summed E-state index contributed by atoms with van der Waals surface area (Å²) in [6, 6.07) is 0. The van der Waals surface area contributed by atoms with Gasteiger partial charge in [-0.15, -0.1) is 0 Å². The van der Waals surface area contributed by atoms with E-state index in [2.05, 4.69) is 24.0 Å². The lowest BCUT2D eigenvalue weighted by atomic mass is 9.84. The Bertz CT molecular complexity index is 366. The van der Waals surface area contributed by atoms with Gasteiger partial charge in [0.2, 0.25) is 5.89 Å². The summed E-state index contributed by atoms with van der Waals surface area (Å²) in [6.45, 7) is 6.91. The van der Waals surface area contributed by atoms with Gasteiger partial charge in [-0.2, -0.15) is 4.98 Å². The number of aryl methyl sites for hydroxylation is 1. The number of nitrogens with zero attached hydrogens (tertiary/aromatic N) is 2. The maximum absolute atomic E-state index is 5.60. The number of rotatable bonds is 11. The standard InChI is InChI=1S/C14H27N3O3/c1-14(2,7-8-15)6-4-13-16-12(17-20-13)5-9-19-11-10-18-3/h4-11,15H2,1-3H3. The molecule has 116 valence electrons. The molecule has 20 heavy (non-hydrogen) atoms. The quantitative estimate of drug-likeness (QED) is 0.621. The van der Waals surface area contributed by atoms with E-state index in [4.69, 9.17) is 19.7 Å². The third kappa shape index (κ3) is 6.98. The zero-order valence-electron chi connectivity index (χ0n) is 12.9. The van der Waals surface area contributed by atoms with Crippen LogP contribution in [0.2, 0.25) is 0 Å². The van der Waals surface area contributed by atoms with E-state index in [1.807, 2.05) is 0 Å². The number of ether oxygens (including phenoxy) is 2. The lowest BCUT2D eigenvalue weighted by molar-refractivity contribution is 0.0714. The van der Waals surface area contributed by atoms with Gasteiger partial charge in [-0.1, -0.05) is 19.0 Å². The first-order valence-corrected chi connectivity index (χ1v) is 7.15. The first kappa shape index (κ1) is 17.1. The molecule has 0 bridgehead atoms. The van der Waals surface area contributed by atoms with Gasteiger partial charge < -0.3 is 19.7 Å². The van der Waals surface area contributed by atoms with E-state index < -0.39 is 0 Å². The summed E-state index contributed by atoms with van der Waals surface area (Å²) in [4.78, 5) is 4.37. The normalized spacial score (nSPS) is 12.0. The van der Waals surface area contributed by atoms with Crippen molar-refractivity contribution in [1.82, 2.24) is 10.1 Å². The van der Waals surface area contributed by atoms with Gasteiger partial charge >= 0.3 is 0 Å². The zero-order chi connectivity index (χ0) is 14.8. The highest BCUT2D eigenvalue weighted by atomic mass is 16.5. The summed E-state index contributed by atoms with van der Waals surface area (Å²) < 4.78 is 15.5. The Hall–Kier alpha value is -0.980. The summed E-state index contributed by atoms with van der Waals surface area (Å²) in [5.41, 5.74) is 5.82. The van der Waals surface area contributed by atoms with Crippen LogP contribution >= 0.6 is 0 Å². The predicted molar refractivity (Wildman–Crippen MR) is 76.5 cm³/mol. The minimum atomic E-state index is 0.215. The third-order valence-corrected chi connectivity index (χ3v) is 3.25. The number of nitrogens with two attached hydrogens (primary N) is 1. The highest BCUT2D eigenvalue weighted by molar-refractivity contribution is 4.88. The zero-order valence-corrected chi connectivity index (χ0v) is 12.9. The molecule has 0 aliphatic carbocycles. The number of hydrogen-bond donors (Lipinski definition) is 1. The largest absolute Gasteiger partial charge is 0.382 e. The van der Waals surface area contributed by atoms with Gasteiger partial charge in [0, 0.05) is 20.0 Å². The molecule has 6 nitrogen and oxygen atoms in total. The van der Waals surface area contributed by atoms with Crippen molar-refractivity contribution in [2.75, 3.05) is 33.5 Å². The molecule has 2 N–H and O–H groups in total. The number of methoxy groups -OCH3 is 1. The summed E-state index contributed by atoms with van der Waals surface area (Å²) in [5, 5.41) is 3.96. The molecular weight excluding hydrogens is 258 g/mol. The fourth-order valence-corrected chi connectivity index (χ4v) is 1.86. The Morgan fingerprint density at radius 1 is 1.15 bits per heavy atom.